The summed E-state index contributed by atoms with van der Waals surface area (Å²) in [6.45, 7) is 5.94. The highest BCUT2D eigenvalue weighted by molar-refractivity contribution is 5.99. The van der Waals surface area contributed by atoms with Gasteiger partial charge in [-0.15, -0.1) is 0 Å². The van der Waals surface area contributed by atoms with Crippen LogP contribution in [-0.4, -0.2) is 24.0 Å². The maximum atomic E-state index is 11.4. The number of carbonyl (C=O) groups is 2. The zero-order valence-electron chi connectivity index (χ0n) is 8.22. The van der Waals surface area contributed by atoms with Crippen molar-refractivity contribution in [1.82, 2.24) is 5.32 Å². The summed E-state index contributed by atoms with van der Waals surface area (Å²) in [5.41, 5.74) is -0.514. The number of hydrogen-bond donors (Lipinski definition) is 1. The molecule has 1 aliphatic heterocycles. The Morgan fingerprint density at radius 3 is 2.54 bits per heavy atom. The van der Waals surface area contributed by atoms with Crippen molar-refractivity contribution in [2.24, 2.45) is 5.92 Å². The van der Waals surface area contributed by atoms with E-state index in [-0.39, 0.29) is 5.91 Å². The van der Waals surface area contributed by atoms with Crippen LogP contribution in [0, 0.1) is 5.92 Å². The Kier molecular flexibility index (Phi) is 2.59. The second-order valence-electron chi connectivity index (χ2n) is 4.17. The topological polar surface area (TPSA) is 55.4 Å². The Hall–Kier alpha value is -1.06. The van der Waals surface area contributed by atoms with Crippen molar-refractivity contribution in [1.29, 1.82) is 0 Å². The number of ether oxygens (including phenoxy) is 1. The van der Waals surface area contributed by atoms with Crippen molar-refractivity contribution >= 4 is 11.9 Å². The maximum absolute atomic E-state index is 11.4. The number of hydrogen-bond acceptors (Lipinski definition) is 3. The molecule has 0 aliphatic carbocycles. The van der Waals surface area contributed by atoms with E-state index in [1.807, 2.05) is 0 Å². The van der Waals surface area contributed by atoms with Gasteiger partial charge >= 0.3 is 5.97 Å². The number of esters is 1. The second-order valence-corrected chi connectivity index (χ2v) is 4.17. The van der Waals surface area contributed by atoms with E-state index in [9.17, 15) is 9.59 Å². The summed E-state index contributed by atoms with van der Waals surface area (Å²) >= 11 is 0. The lowest BCUT2D eigenvalue weighted by Crippen LogP contribution is -2.32. The third-order valence-corrected chi connectivity index (χ3v) is 1.74. The molecule has 0 aromatic heterocycles. The molecular formula is C9H15NO3. The largest absolute Gasteiger partial charge is 0.459 e. The maximum Gasteiger partial charge on any atom is 0.319 e. The average Bonchev–Trinajstić information content (AvgIpc) is 2.30. The number of nitrogens with one attached hydrogen (secondary N) is 1. The van der Waals surface area contributed by atoms with Crippen LogP contribution in [0.2, 0.25) is 0 Å². The van der Waals surface area contributed by atoms with E-state index >= 15 is 0 Å². The molecule has 4 heteroatoms. The average molecular weight is 185 g/mol. The molecule has 0 bridgehead atoms. The van der Waals surface area contributed by atoms with Gasteiger partial charge in [0.15, 0.2) is 0 Å². The first-order valence-corrected chi connectivity index (χ1v) is 4.41. The molecule has 0 aromatic rings. The first kappa shape index (κ1) is 10.0. The molecule has 1 atom stereocenters. The molecule has 1 amide bonds. The standard InChI is InChI=1S/C9H15NO3/c1-9(2,3)13-8(12)6-4-5-10-7(6)11/h6H,4-5H2,1-3H3,(H,10,11)/t6-/m0/s1. The van der Waals surface area contributed by atoms with Gasteiger partial charge in [0.25, 0.3) is 0 Å². The molecule has 1 N–H and O–H groups in total. The van der Waals surface area contributed by atoms with Gasteiger partial charge in [0, 0.05) is 6.54 Å². The van der Waals surface area contributed by atoms with E-state index < -0.39 is 17.5 Å². The summed E-state index contributed by atoms with van der Waals surface area (Å²) in [6.07, 6.45) is 0.549. The summed E-state index contributed by atoms with van der Waals surface area (Å²) in [6, 6.07) is 0. The van der Waals surface area contributed by atoms with Gasteiger partial charge < -0.3 is 10.1 Å². The molecule has 0 saturated carbocycles. The van der Waals surface area contributed by atoms with Gasteiger partial charge in [0.05, 0.1) is 0 Å². The summed E-state index contributed by atoms with van der Waals surface area (Å²) in [5.74, 6) is -1.23. The lowest BCUT2D eigenvalue weighted by molar-refractivity contribution is -0.161. The fourth-order valence-electron chi connectivity index (χ4n) is 1.19. The Bertz CT molecular complexity index is 230. The highest BCUT2D eigenvalue weighted by Crippen LogP contribution is 2.16. The van der Waals surface area contributed by atoms with Crippen molar-refractivity contribution in [3.05, 3.63) is 0 Å². The van der Waals surface area contributed by atoms with Crippen molar-refractivity contribution < 1.29 is 14.3 Å². The van der Waals surface area contributed by atoms with Crippen LogP contribution in [0.15, 0.2) is 0 Å². The molecule has 4 nitrogen and oxygen atoms in total. The van der Waals surface area contributed by atoms with Crippen LogP contribution in [0.25, 0.3) is 0 Å². The van der Waals surface area contributed by atoms with E-state index in [4.69, 9.17) is 4.74 Å². The molecule has 1 fully saturated rings. The van der Waals surface area contributed by atoms with Gasteiger partial charge in [0.1, 0.15) is 11.5 Å². The monoisotopic (exact) mass is 185 g/mol. The van der Waals surface area contributed by atoms with Crippen molar-refractivity contribution in [3.63, 3.8) is 0 Å². The first-order valence-electron chi connectivity index (χ1n) is 4.41. The van der Waals surface area contributed by atoms with Gasteiger partial charge in [-0.2, -0.15) is 0 Å². The number of amides is 1. The van der Waals surface area contributed by atoms with E-state index in [0.29, 0.717) is 13.0 Å². The minimum Gasteiger partial charge on any atom is -0.459 e. The minimum atomic E-state index is -0.598. The van der Waals surface area contributed by atoms with E-state index in [2.05, 4.69) is 5.32 Å². The zero-order valence-corrected chi connectivity index (χ0v) is 8.22. The lowest BCUT2D eigenvalue weighted by Gasteiger charge is -2.20. The van der Waals surface area contributed by atoms with E-state index in [1.165, 1.54) is 0 Å². The van der Waals surface area contributed by atoms with Crippen molar-refractivity contribution in [3.8, 4) is 0 Å². The van der Waals surface area contributed by atoms with E-state index in [1.54, 1.807) is 20.8 Å². The zero-order chi connectivity index (χ0) is 10.1. The predicted octanol–water partition coefficient (Wildman–Crippen LogP) is 0.464. The van der Waals surface area contributed by atoms with Crippen molar-refractivity contribution in [2.75, 3.05) is 6.54 Å². The molecule has 13 heavy (non-hydrogen) atoms. The lowest BCUT2D eigenvalue weighted by atomic mass is 10.1. The summed E-state index contributed by atoms with van der Waals surface area (Å²) in [4.78, 5) is 22.5. The smallest absolute Gasteiger partial charge is 0.319 e. The molecule has 1 aliphatic rings. The Morgan fingerprint density at radius 1 is 1.54 bits per heavy atom. The van der Waals surface area contributed by atoms with Crippen LogP contribution in [0.1, 0.15) is 27.2 Å². The normalized spacial score (nSPS) is 22.7. The fraction of sp³-hybridized carbons (Fsp3) is 0.778. The molecular weight excluding hydrogens is 170 g/mol. The summed E-state index contributed by atoms with van der Waals surface area (Å²) in [7, 11) is 0. The fourth-order valence-corrected chi connectivity index (χ4v) is 1.19. The molecule has 74 valence electrons. The SMILES string of the molecule is CC(C)(C)OC(=O)[C@H]1CCNC1=O. The van der Waals surface area contributed by atoms with Crippen LogP contribution in [0.5, 0.6) is 0 Å². The predicted molar refractivity (Wildman–Crippen MR) is 47.0 cm³/mol. The van der Waals surface area contributed by atoms with Gasteiger partial charge in [0.2, 0.25) is 5.91 Å². The molecule has 0 aromatic carbocycles. The quantitative estimate of drug-likeness (QED) is 0.477. The molecule has 0 radical (unpaired) electrons. The Morgan fingerprint density at radius 2 is 2.15 bits per heavy atom. The van der Waals surface area contributed by atoms with Crippen LogP contribution in [-0.2, 0) is 14.3 Å². The van der Waals surface area contributed by atoms with Gasteiger partial charge in [-0.25, -0.2) is 0 Å². The minimum absolute atomic E-state index is 0.214. The van der Waals surface area contributed by atoms with Crippen molar-refractivity contribution in [2.45, 2.75) is 32.8 Å². The number of rotatable bonds is 1. The van der Waals surface area contributed by atoms with Crippen LogP contribution in [0.4, 0.5) is 0 Å². The third-order valence-electron chi connectivity index (χ3n) is 1.74. The molecule has 0 spiro atoms. The second kappa shape index (κ2) is 3.36. The number of carbonyl (C=O) groups excluding carboxylic acids is 2. The van der Waals surface area contributed by atoms with Crippen LogP contribution >= 0.6 is 0 Å². The van der Waals surface area contributed by atoms with Gasteiger partial charge in [-0.3, -0.25) is 9.59 Å². The van der Waals surface area contributed by atoms with E-state index in [0.717, 1.165) is 0 Å². The summed E-state index contributed by atoms with van der Waals surface area (Å²) in [5, 5.41) is 2.60. The van der Waals surface area contributed by atoms with Gasteiger partial charge in [-0.05, 0) is 27.2 Å². The Balaban J connectivity index is 2.53. The Labute approximate surface area is 77.6 Å². The molecule has 1 rings (SSSR count). The highest BCUT2D eigenvalue weighted by Gasteiger charge is 2.34. The molecule has 1 heterocycles. The molecule has 1 saturated heterocycles. The molecule has 0 unspecified atom stereocenters. The third kappa shape index (κ3) is 2.72. The van der Waals surface area contributed by atoms with Crippen LogP contribution < -0.4 is 5.32 Å². The summed E-state index contributed by atoms with van der Waals surface area (Å²) < 4.78 is 5.09. The highest BCUT2D eigenvalue weighted by atomic mass is 16.6. The first-order chi connectivity index (χ1) is 5.90. The van der Waals surface area contributed by atoms with Crippen LogP contribution in [0.3, 0.4) is 0 Å². The van der Waals surface area contributed by atoms with Gasteiger partial charge in [-0.1, -0.05) is 0 Å².